The second-order valence-corrected chi connectivity index (χ2v) is 5.46. The van der Waals surface area contributed by atoms with Crippen molar-refractivity contribution in [1.82, 2.24) is 9.88 Å². The highest BCUT2D eigenvalue weighted by Gasteiger charge is 2.25. The molecule has 82 valence electrons. The second kappa shape index (κ2) is 3.60. The number of nitrogens with zero attached hydrogens (tertiary/aromatic N) is 2. The minimum Gasteiger partial charge on any atom is -0.294 e. The van der Waals surface area contributed by atoms with Gasteiger partial charge in [0, 0.05) is 36.9 Å². The number of fused-ring (bicyclic) bond motifs is 1. The largest absolute Gasteiger partial charge is 0.294 e. The Morgan fingerprint density at radius 3 is 2.73 bits per heavy atom. The molecule has 0 atom stereocenters. The zero-order valence-corrected chi connectivity index (χ0v) is 10.2. The standard InChI is InChI=1S/C13H20N2/c1-10-7-11-9-15(13(2,3)4)6-5-12(11)14-8-10/h7-8H,5-6,9H2,1-4H3. The molecule has 2 heteroatoms. The summed E-state index contributed by atoms with van der Waals surface area (Å²) in [6.07, 6.45) is 3.07. The average Bonchev–Trinajstić information content (AvgIpc) is 2.15. The molecule has 0 bridgehead atoms. The molecule has 2 heterocycles. The minimum absolute atomic E-state index is 0.265. The minimum atomic E-state index is 0.265. The first-order valence-electron chi connectivity index (χ1n) is 5.66. The molecule has 1 aliphatic rings. The lowest BCUT2D eigenvalue weighted by atomic mass is 9.98. The highest BCUT2D eigenvalue weighted by molar-refractivity contribution is 5.27. The van der Waals surface area contributed by atoms with Gasteiger partial charge in [-0.3, -0.25) is 9.88 Å². The van der Waals surface area contributed by atoms with Crippen LogP contribution >= 0.6 is 0 Å². The average molecular weight is 204 g/mol. The molecule has 0 saturated heterocycles. The van der Waals surface area contributed by atoms with Gasteiger partial charge in [-0.2, -0.15) is 0 Å². The molecule has 1 aliphatic heterocycles. The van der Waals surface area contributed by atoms with E-state index in [1.165, 1.54) is 16.8 Å². The molecule has 0 unspecified atom stereocenters. The van der Waals surface area contributed by atoms with Crippen LogP contribution in [0.25, 0.3) is 0 Å². The lowest BCUT2D eigenvalue weighted by molar-refractivity contribution is 0.119. The van der Waals surface area contributed by atoms with Crippen molar-refractivity contribution >= 4 is 0 Å². The third-order valence-corrected chi connectivity index (χ3v) is 3.13. The SMILES string of the molecule is Cc1cnc2c(c1)CN(C(C)(C)C)CC2. The zero-order chi connectivity index (χ0) is 11.1. The third-order valence-electron chi connectivity index (χ3n) is 3.13. The fraction of sp³-hybridized carbons (Fsp3) is 0.615. The lowest BCUT2D eigenvalue weighted by Gasteiger charge is -2.38. The van der Waals surface area contributed by atoms with Gasteiger partial charge in [0.2, 0.25) is 0 Å². The summed E-state index contributed by atoms with van der Waals surface area (Å²) in [6.45, 7) is 11.1. The van der Waals surface area contributed by atoms with Crippen LogP contribution in [0.2, 0.25) is 0 Å². The van der Waals surface area contributed by atoms with E-state index in [1.54, 1.807) is 0 Å². The summed E-state index contributed by atoms with van der Waals surface area (Å²) >= 11 is 0. The molecule has 0 spiro atoms. The topological polar surface area (TPSA) is 16.1 Å². The maximum Gasteiger partial charge on any atom is 0.0461 e. The number of pyridine rings is 1. The number of aromatic nitrogens is 1. The maximum atomic E-state index is 4.51. The van der Waals surface area contributed by atoms with Crippen molar-refractivity contribution in [3.63, 3.8) is 0 Å². The summed E-state index contributed by atoms with van der Waals surface area (Å²) in [5.41, 5.74) is 4.24. The number of hydrogen-bond donors (Lipinski definition) is 0. The smallest absolute Gasteiger partial charge is 0.0461 e. The van der Waals surface area contributed by atoms with Crippen LogP contribution in [-0.2, 0) is 13.0 Å². The molecule has 1 aromatic rings. The Hall–Kier alpha value is -0.890. The number of aryl methyl sites for hydroxylation is 1. The van der Waals surface area contributed by atoms with Gasteiger partial charge in [0.05, 0.1) is 0 Å². The zero-order valence-electron chi connectivity index (χ0n) is 10.2. The summed E-state index contributed by atoms with van der Waals surface area (Å²) in [7, 11) is 0. The van der Waals surface area contributed by atoms with Crippen molar-refractivity contribution in [2.45, 2.75) is 46.2 Å². The molecule has 0 saturated carbocycles. The Balaban J connectivity index is 2.26. The first kappa shape index (κ1) is 10.6. The summed E-state index contributed by atoms with van der Waals surface area (Å²) in [5.74, 6) is 0. The van der Waals surface area contributed by atoms with Crippen LogP contribution in [0.5, 0.6) is 0 Å². The van der Waals surface area contributed by atoms with Gasteiger partial charge in [-0.25, -0.2) is 0 Å². The van der Waals surface area contributed by atoms with Gasteiger partial charge < -0.3 is 0 Å². The van der Waals surface area contributed by atoms with E-state index < -0.39 is 0 Å². The van der Waals surface area contributed by atoms with E-state index in [1.807, 2.05) is 6.20 Å². The maximum absolute atomic E-state index is 4.51. The van der Waals surface area contributed by atoms with Crippen molar-refractivity contribution in [3.05, 3.63) is 29.1 Å². The summed E-state index contributed by atoms with van der Waals surface area (Å²) in [6, 6.07) is 2.28. The molecule has 2 nitrogen and oxygen atoms in total. The van der Waals surface area contributed by atoms with Gasteiger partial charge in [-0.15, -0.1) is 0 Å². The van der Waals surface area contributed by atoms with Gasteiger partial charge in [0.15, 0.2) is 0 Å². The van der Waals surface area contributed by atoms with Crippen molar-refractivity contribution in [2.75, 3.05) is 6.54 Å². The molecule has 0 amide bonds. The number of rotatable bonds is 0. The Morgan fingerprint density at radius 1 is 1.33 bits per heavy atom. The third kappa shape index (κ3) is 2.20. The van der Waals surface area contributed by atoms with Gasteiger partial charge in [0.1, 0.15) is 0 Å². The van der Waals surface area contributed by atoms with Gasteiger partial charge >= 0.3 is 0 Å². The molecule has 0 radical (unpaired) electrons. The van der Waals surface area contributed by atoms with Gasteiger partial charge in [-0.1, -0.05) is 6.07 Å². The van der Waals surface area contributed by atoms with Crippen LogP contribution in [-0.4, -0.2) is 22.0 Å². The molecular weight excluding hydrogens is 184 g/mol. The van der Waals surface area contributed by atoms with E-state index in [4.69, 9.17) is 0 Å². The first-order valence-corrected chi connectivity index (χ1v) is 5.66. The highest BCUT2D eigenvalue weighted by Crippen LogP contribution is 2.24. The van der Waals surface area contributed by atoms with E-state index in [0.29, 0.717) is 0 Å². The van der Waals surface area contributed by atoms with Crippen molar-refractivity contribution in [2.24, 2.45) is 0 Å². The highest BCUT2D eigenvalue weighted by atomic mass is 15.2. The van der Waals surface area contributed by atoms with Crippen LogP contribution in [0.3, 0.4) is 0 Å². The Morgan fingerprint density at radius 2 is 2.07 bits per heavy atom. The van der Waals surface area contributed by atoms with E-state index in [2.05, 4.69) is 43.6 Å². The molecule has 0 fully saturated rings. The monoisotopic (exact) mass is 204 g/mol. The fourth-order valence-corrected chi connectivity index (χ4v) is 2.12. The Labute approximate surface area is 92.3 Å². The quantitative estimate of drug-likeness (QED) is 0.645. The molecule has 15 heavy (non-hydrogen) atoms. The molecule has 0 aromatic carbocycles. The van der Waals surface area contributed by atoms with Crippen LogP contribution in [0, 0.1) is 6.92 Å². The van der Waals surface area contributed by atoms with Gasteiger partial charge in [-0.05, 0) is 38.8 Å². The van der Waals surface area contributed by atoms with Gasteiger partial charge in [0.25, 0.3) is 0 Å². The predicted octanol–water partition coefficient (Wildman–Crippen LogP) is 2.55. The second-order valence-electron chi connectivity index (χ2n) is 5.46. The molecule has 2 rings (SSSR count). The van der Waals surface area contributed by atoms with E-state index in [-0.39, 0.29) is 5.54 Å². The molecule has 0 aliphatic carbocycles. The summed E-state index contributed by atoms with van der Waals surface area (Å²) in [5, 5.41) is 0. The van der Waals surface area contributed by atoms with E-state index >= 15 is 0 Å². The van der Waals surface area contributed by atoms with E-state index in [0.717, 1.165) is 19.5 Å². The first-order chi connectivity index (χ1) is 6.97. The van der Waals surface area contributed by atoms with Crippen molar-refractivity contribution < 1.29 is 0 Å². The molecular formula is C13H20N2. The Kier molecular flexibility index (Phi) is 2.55. The predicted molar refractivity (Wildman–Crippen MR) is 62.8 cm³/mol. The van der Waals surface area contributed by atoms with E-state index in [9.17, 15) is 0 Å². The van der Waals surface area contributed by atoms with Crippen molar-refractivity contribution in [1.29, 1.82) is 0 Å². The fourth-order valence-electron chi connectivity index (χ4n) is 2.12. The van der Waals surface area contributed by atoms with Crippen LogP contribution in [0.4, 0.5) is 0 Å². The normalized spacial score (nSPS) is 17.6. The molecule has 0 N–H and O–H groups in total. The van der Waals surface area contributed by atoms with Crippen LogP contribution < -0.4 is 0 Å². The number of hydrogen-bond acceptors (Lipinski definition) is 2. The lowest BCUT2D eigenvalue weighted by Crippen LogP contribution is -2.44. The Bertz CT molecular complexity index is 363. The molecule has 1 aromatic heterocycles. The van der Waals surface area contributed by atoms with Crippen LogP contribution in [0.15, 0.2) is 12.3 Å². The van der Waals surface area contributed by atoms with Crippen molar-refractivity contribution in [3.8, 4) is 0 Å². The summed E-state index contributed by atoms with van der Waals surface area (Å²) < 4.78 is 0. The summed E-state index contributed by atoms with van der Waals surface area (Å²) in [4.78, 5) is 7.03. The van der Waals surface area contributed by atoms with Crippen LogP contribution in [0.1, 0.15) is 37.6 Å².